The maximum Gasteiger partial charge on any atom is 0.253 e. The number of hydrogen-bond donors (Lipinski definition) is 2. The van der Waals surface area contributed by atoms with Crippen molar-refractivity contribution in [3.05, 3.63) is 29.8 Å². The average molecular weight is 228 g/mol. The maximum absolute atomic E-state index is 12.7. The fraction of sp³-hybridized carbons (Fsp3) is 0.400. The average Bonchev–Trinajstić information content (AvgIpc) is 2.28. The van der Waals surface area contributed by atoms with Crippen LogP contribution in [0.4, 0.5) is 4.39 Å². The Morgan fingerprint density at radius 3 is 3.00 bits per heavy atom. The zero-order chi connectivity index (χ0) is 11.8. The van der Waals surface area contributed by atoms with Crippen LogP contribution in [-0.4, -0.2) is 42.4 Å². The van der Waals surface area contributed by atoms with Crippen molar-refractivity contribution >= 4 is 5.91 Å². The summed E-state index contributed by atoms with van der Waals surface area (Å²) in [6.45, 7) is 0.781. The summed E-state index contributed by atoms with van der Waals surface area (Å²) in [5.74, 6) is -0.955. The van der Waals surface area contributed by atoms with Crippen molar-refractivity contribution in [2.24, 2.45) is 0 Å². The van der Waals surface area contributed by atoms with Gasteiger partial charge in [0.05, 0.1) is 31.6 Å². The van der Waals surface area contributed by atoms with Crippen molar-refractivity contribution in [1.29, 1.82) is 0 Å². The molecule has 0 saturated carbocycles. The summed E-state index contributed by atoms with van der Waals surface area (Å²) in [6.07, 6.45) is 2.31. The summed E-state index contributed by atoms with van der Waals surface area (Å²) in [4.78, 5) is 15.0. The molecule has 5 nitrogen and oxygen atoms in total. The van der Waals surface area contributed by atoms with Gasteiger partial charge in [-0.2, -0.15) is 0 Å². The number of pyridine rings is 1. The summed E-state index contributed by atoms with van der Waals surface area (Å²) >= 11 is 0. The number of amides is 1. The molecule has 0 bridgehead atoms. The van der Waals surface area contributed by atoms with Crippen LogP contribution >= 0.6 is 0 Å². The molecular weight excluding hydrogens is 215 g/mol. The normalized spacial score (nSPS) is 10.1. The number of aliphatic hydroxyl groups excluding tert-OH is 1. The van der Waals surface area contributed by atoms with Crippen LogP contribution in [0.2, 0.25) is 0 Å². The van der Waals surface area contributed by atoms with Crippen LogP contribution in [0.5, 0.6) is 0 Å². The third-order valence-corrected chi connectivity index (χ3v) is 1.73. The summed E-state index contributed by atoms with van der Waals surface area (Å²) in [7, 11) is 0. The van der Waals surface area contributed by atoms with Gasteiger partial charge in [-0.3, -0.25) is 9.78 Å². The van der Waals surface area contributed by atoms with E-state index in [1.165, 1.54) is 6.20 Å². The first-order valence-corrected chi connectivity index (χ1v) is 4.81. The molecule has 0 aromatic carbocycles. The lowest BCUT2D eigenvalue weighted by Crippen LogP contribution is -2.27. The van der Waals surface area contributed by atoms with Crippen molar-refractivity contribution in [2.45, 2.75) is 0 Å². The van der Waals surface area contributed by atoms with E-state index in [4.69, 9.17) is 9.84 Å². The largest absolute Gasteiger partial charge is 0.394 e. The Labute approximate surface area is 92.3 Å². The Kier molecular flexibility index (Phi) is 5.38. The second-order valence-corrected chi connectivity index (χ2v) is 2.98. The lowest BCUT2D eigenvalue weighted by molar-refractivity contribution is 0.0837. The molecule has 1 heterocycles. The minimum absolute atomic E-state index is 0.0538. The Morgan fingerprint density at radius 1 is 1.50 bits per heavy atom. The molecule has 0 aliphatic rings. The molecule has 0 aliphatic carbocycles. The monoisotopic (exact) mass is 228 g/mol. The number of rotatable bonds is 6. The Hall–Kier alpha value is -1.53. The maximum atomic E-state index is 12.7. The summed E-state index contributed by atoms with van der Waals surface area (Å²) < 4.78 is 17.7. The van der Waals surface area contributed by atoms with Crippen LogP contribution < -0.4 is 5.32 Å². The van der Waals surface area contributed by atoms with Crippen molar-refractivity contribution in [2.75, 3.05) is 26.4 Å². The quantitative estimate of drug-likeness (QED) is 0.670. The molecular formula is C10H13FN2O3. The van der Waals surface area contributed by atoms with Gasteiger partial charge in [-0.25, -0.2) is 4.39 Å². The number of nitrogens with zero attached hydrogens (tertiary/aromatic N) is 1. The highest BCUT2D eigenvalue weighted by Crippen LogP contribution is 1.99. The molecule has 0 unspecified atom stereocenters. The van der Waals surface area contributed by atoms with Crippen LogP contribution in [0.25, 0.3) is 0 Å². The highest BCUT2D eigenvalue weighted by molar-refractivity contribution is 5.93. The van der Waals surface area contributed by atoms with Crippen molar-refractivity contribution in [3.8, 4) is 0 Å². The molecule has 16 heavy (non-hydrogen) atoms. The molecule has 88 valence electrons. The molecule has 1 rings (SSSR count). The van der Waals surface area contributed by atoms with Crippen molar-refractivity contribution in [1.82, 2.24) is 10.3 Å². The zero-order valence-electron chi connectivity index (χ0n) is 8.65. The van der Waals surface area contributed by atoms with E-state index in [1.807, 2.05) is 0 Å². The van der Waals surface area contributed by atoms with Crippen LogP contribution in [0.3, 0.4) is 0 Å². The molecule has 1 aromatic heterocycles. The van der Waals surface area contributed by atoms with Crippen LogP contribution in [-0.2, 0) is 4.74 Å². The number of carbonyl (C=O) groups is 1. The van der Waals surface area contributed by atoms with E-state index in [1.54, 1.807) is 0 Å². The van der Waals surface area contributed by atoms with Gasteiger partial charge in [0.25, 0.3) is 5.91 Å². The van der Waals surface area contributed by atoms with E-state index >= 15 is 0 Å². The van der Waals surface area contributed by atoms with Crippen LogP contribution in [0, 0.1) is 5.82 Å². The molecule has 1 amide bonds. The fourth-order valence-electron chi connectivity index (χ4n) is 1.04. The third kappa shape index (κ3) is 4.33. The van der Waals surface area contributed by atoms with Crippen molar-refractivity contribution in [3.63, 3.8) is 0 Å². The predicted octanol–water partition coefficient (Wildman–Crippen LogP) is -0.0406. The summed E-state index contributed by atoms with van der Waals surface area (Å²) in [6, 6.07) is 1.11. The molecule has 0 saturated heterocycles. The van der Waals surface area contributed by atoms with Gasteiger partial charge < -0.3 is 15.2 Å². The number of aliphatic hydroxyl groups is 1. The Balaban J connectivity index is 2.30. The third-order valence-electron chi connectivity index (χ3n) is 1.73. The number of halogens is 1. The van der Waals surface area contributed by atoms with Gasteiger partial charge >= 0.3 is 0 Å². The molecule has 0 spiro atoms. The minimum Gasteiger partial charge on any atom is -0.394 e. The van der Waals surface area contributed by atoms with Gasteiger partial charge in [-0.1, -0.05) is 0 Å². The minimum atomic E-state index is -0.552. The van der Waals surface area contributed by atoms with Crippen molar-refractivity contribution < 1.29 is 19.0 Å². The molecule has 6 heteroatoms. The molecule has 0 aliphatic heterocycles. The van der Waals surface area contributed by atoms with Gasteiger partial charge in [0.2, 0.25) is 0 Å². The van der Waals surface area contributed by atoms with Gasteiger partial charge in [0.1, 0.15) is 5.82 Å². The smallest absolute Gasteiger partial charge is 0.253 e. The standard InChI is InChI=1S/C10H13FN2O3/c11-9-5-8(6-12-7-9)10(15)13-1-3-16-4-2-14/h5-7,14H,1-4H2,(H,13,15). The van der Waals surface area contributed by atoms with E-state index in [0.717, 1.165) is 12.3 Å². The first-order valence-electron chi connectivity index (χ1n) is 4.81. The molecule has 0 fully saturated rings. The molecule has 1 aromatic rings. The first kappa shape index (κ1) is 12.5. The van der Waals surface area contributed by atoms with Gasteiger partial charge in [0, 0.05) is 12.7 Å². The highest BCUT2D eigenvalue weighted by atomic mass is 19.1. The predicted molar refractivity (Wildman–Crippen MR) is 54.4 cm³/mol. The second kappa shape index (κ2) is 6.86. The SMILES string of the molecule is O=C(NCCOCCO)c1cncc(F)c1. The highest BCUT2D eigenvalue weighted by Gasteiger charge is 2.05. The lowest BCUT2D eigenvalue weighted by Gasteiger charge is -2.05. The lowest BCUT2D eigenvalue weighted by atomic mass is 10.2. The summed E-state index contributed by atoms with van der Waals surface area (Å²) in [5, 5.41) is 11.0. The van der Waals surface area contributed by atoms with Gasteiger partial charge in [-0.05, 0) is 6.07 Å². The fourth-order valence-corrected chi connectivity index (χ4v) is 1.04. The summed E-state index contributed by atoms with van der Waals surface area (Å²) in [5.41, 5.74) is 0.169. The second-order valence-electron chi connectivity index (χ2n) is 2.98. The Bertz CT molecular complexity index is 347. The number of ether oxygens (including phenoxy) is 1. The number of aromatic nitrogens is 1. The number of hydrogen-bond acceptors (Lipinski definition) is 4. The molecule has 2 N–H and O–H groups in total. The van der Waals surface area contributed by atoms with E-state index in [-0.39, 0.29) is 18.8 Å². The van der Waals surface area contributed by atoms with E-state index in [0.29, 0.717) is 13.2 Å². The topological polar surface area (TPSA) is 71.5 Å². The van der Waals surface area contributed by atoms with Crippen LogP contribution in [0.15, 0.2) is 18.5 Å². The molecule has 0 radical (unpaired) electrons. The van der Waals surface area contributed by atoms with Gasteiger partial charge in [-0.15, -0.1) is 0 Å². The van der Waals surface area contributed by atoms with E-state index in [9.17, 15) is 9.18 Å². The number of carbonyl (C=O) groups excluding carboxylic acids is 1. The van der Waals surface area contributed by atoms with E-state index in [2.05, 4.69) is 10.3 Å². The van der Waals surface area contributed by atoms with Crippen LogP contribution in [0.1, 0.15) is 10.4 Å². The number of nitrogens with one attached hydrogen (secondary N) is 1. The zero-order valence-corrected chi connectivity index (χ0v) is 8.65. The molecule has 0 atom stereocenters. The Morgan fingerprint density at radius 2 is 2.31 bits per heavy atom. The van der Waals surface area contributed by atoms with E-state index < -0.39 is 11.7 Å². The first-order chi connectivity index (χ1) is 7.74. The van der Waals surface area contributed by atoms with Gasteiger partial charge in [0.15, 0.2) is 0 Å².